The molecule has 2 N–H and O–H groups in total. The second-order valence-electron chi connectivity index (χ2n) is 4.55. The van der Waals surface area contributed by atoms with Crippen LogP contribution in [0.15, 0.2) is 23.5 Å². The number of nitrogens with zero attached hydrogens (tertiary/aromatic N) is 3. The van der Waals surface area contributed by atoms with E-state index in [1.54, 1.807) is 6.20 Å². The van der Waals surface area contributed by atoms with Gasteiger partial charge in [0.25, 0.3) is 0 Å². The second-order valence-corrected chi connectivity index (χ2v) is 4.55. The fourth-order valence-corrected chi connectivity index (χ4v) is 2.04. The van der Waals surface area contributed by atoms with Gasteiger partial charge in [-0.15, -0.1) is 0 Å². The molecule has 0 saturated carbocycles. The van der Waals surface area contributed by atoms with Crippen molar-refractivity contribution >= 4 is 5.96 Å². The van der Waals surface area contributed by atoms with Gasteiger partial charge in [0.1, 0.15) is 0 Å². The summed E-state index contributed by atoms with van der Waals surface area (Å²) in [6, 6.07) is 1.93. The lowest BCUT2D eigenvalue weighted by atomic mass is 10.2. The predicted molar refractivity (Wildman–Crippen MR) is 75.2 cm³/mol. The molecule has 6 heteroatoms. The molecule has 1 unspecified atom stereocenters. The Balaban J connectivity index is 1.72. The number of rotatable bonds is 6. The minimum Gasteiger partial charge on any atom is -0.376 e. The summed E-state index contributed by atoms with van der Waals surface area (Å²) >= 11 is 0. The summed E-state index contributed by atoms with van der Waals surface area (Å²) in [7, 11) is 0. The van der Waals surface area contributed by atoms with Gasteiger partial charge in [0.2, 0.25) is 0 Å². The van der Waals surface area contributed by atoms with E-state index in [1.165, 1.54) is 0 Å². The van der Waals surface area contributed by atoms with E-state index in [4.69, 9.17) is 4.74 Å². The first-order chi connectivity index (χ1) is 9.38. The monoisotopic (exact) mass is 265 g/mol. The molecule has 1 fully saturated rings. The Morgan fingerprint density at radius 2 is 2.47 bits per heavy atom. The van der Waals surface area contributed by atoms with Crippen LogP contribution in [0.2, 0.25) is 0 Å². The minimum absolute atomic E-state index is 0.293. The van der Waals surface area contributed by atoms with Crippen LogP contribution >= 0.6 is 0 Å². The highest BCUT2D eigenvalue weighted by molar-refractivity contribution is 5.79. The molecular formula is C13H23N5O. The van der Waals surface area contributed by atoms with Gasteiger partial charge in [-0.05, 0) is 25.8 Å². The number of guanidine groups is 1. The summed E-state index contributed by atoms with van der Waals surface area (Å²) in [5.74, 6) is 0.852. The van der Waals surface area contributed by atoms with Gasteiger partial charge in [0.15, 0.2) is 5.96 Å². The highest BCUT2D eigenvalue weighted by Gasteiger charge is 2.14. The van der Waals surface area contributed by atoms with Gasteiger partial charge >= 0.3 is 0 Å². The van der Waals surface area contributed by atoms with Gasteiger partial charge < -0.3 is 15.4 Å². The van der Waals surface area contributed by atoms with Crippen LogP contribution in [0.1, 0.15) is 19.8 Å². The molecule has 0 amide bonds. The van der Waals surface area contributed by atoms with E-state index in [2.05, 4.69) is 27.6 Å². The van der Waals surface area contributed by atoms with Crippen molar-refractivity contribution in [2.24, 2.45) is 4.99 Å². The molecule has 1 aliphatic rings. The van der Waals surface area contributed by atoms with Crippen LogP contribution in [-0.2, 0) is 11.3 Å². The Hall–Kier alpha value is -1.56. The Labute approximate surface area is 114 Å². The molecule has 0 aliphatic carbocycles. The number of nitrogens with one attached hydrogen (secondary N) is 2. The van der Waals surface area contributed by atoms with Gasteiger partial charge in [-0.1, -0.05) is 0 Å². The molecule has 1 aliphatic heterocycles. The Morgan fingerprint density at radius 1 is 1.53 bits per heavy atom. The van der Waals surface area contributed by atoms with Gasteiger partial charge in [-0.3, -0.25) is 9.67 Å². The van der Waals surface area contributed by atoms with Crippen molar-refractivity contribution in [3.8, 4) is 0 Å². The fraction of sp³-hybridized carbons (Fsp3) is 0.692. The predicted octanol–water partition coefficient (Wildman–Crippen LogP) is 0.617. The van der Waals surface area contributed by atoms with E-state index >= 15 is 0 Å². The molecule has 1 aromatic rings. The zero-order valence-electron chi connectivity index (χ0n) is 11.5. The first kappa shape index (κ1) is 13.9. The van der Waals surface area contributed by atoms with Crippen molar-refractivity contribution in [1.82, 2.24) is 20.4 Å². The van der Waals surface area contributed by atoms with Crippen molar-refractivity contribution in [3.63, 3.8) is 0 Å². The van der Waals surface area contributed by atoms with Crippen LogP contribution in [0.3, 0.4) is 0 Å². The second kappa shape index (κ2) is 7.78. The van der Waals surface area contributed by atoms with Crippen molar-refractivity contribution in [2.75, 3.05) is 26.2 Å². The molecule has 19 heavy (non-hydrogen) atoms. The van der Waals surface area contributed by atoms with Gasteiger partial charge in [-0.2, -0.15) is 5.10 Å². The summed E-state index contributed by atoms with van der Waals surface area (Å²) in [6.45, 7) is 6.17. The average Bonchev–Trinajstić information content (AvgIpc) is 3.09. The standard InChI is InChI=1S/C13H23N5O/c1-2-14-13(16-11-12-5-3-10-19-12)15-7-9-18-8-4-6-17-18/h4,6,8,12H,2-3,5,7,9-11H2,1H3,(H2,14,15,16). The van der Waals surface area contributed by atoms with Gasteiger partial charge in [0, 0.05) is 32.1 Å². The van der Waals surface area contributed by atoms with Crippen LogP contribution in [-0.4, -0.2) is 48.1 Å². The number of aliphatic imine (C=N–C) groups is 1. The van der Waals surface area contributed by atoms with E-state index in [0.29, 0.717) is 6.10 Å². The normalized spacial score (nSPS) is 19.6. The van der Waals surface area contributed by atoms with E-state index < -0.39 is 0 Å². The topological polar surface area (TPSA) is 63.5 Å². The third-order valence-corrected chi connectivity index (χ3v) is 3.01. The molecule has 2 heterocycles. The summed E-state index contributed by atoms with van der Waals surface area (Å²) in [5, 5.41) is 10.7. The van der Waals surface area contributed by atoms with Crippen molar-refractivity contribution in [3.05, 3.63) is 18.5 Å². The van der Waals surface area contributed by atoms with Gasteiger partial charge in [-0.25, -0.2) is 0 Å². The van der Waals surface area contributed by atoms with Crippen LogP contribution in [0.4, 0.5) is 0 Å². The Morgan fingerprint density at radius 3 is 3.16 bits per heavy atom. The molecular weight excluding hydrogens is 242 g/mol. The molecule has 0 spiro atoms. The van der Waals surface area contributed by atoms with Crippen LogP contribution in [0.5, 0.6) is 0 Å². The number of hydrogen-bond donors (Lipinski definition) is 2. The van der Waals surface area contributed by atoms with E-state index in [-0.39, 0.29) is 0 Å². The lowest BCUT2D eigenvalue weighted by molar-refractivity contribution is 0.117. The quantitative estimate of drug-likeness (QED) is 0.584. The average molecular weight is 265 g/mol. The highest BCUT2D eigenvalue weighted by Crippen LogP contribution is 2.11. The maximum absolute atomic E-state index is 5.57. The first-order valence-electron chi connectivity index (χ1n) is 6.99. The molecule has 0 aromatic carbocycles. The molecule has 2 rings (SSSR count). The number of hydrogen-bond acceptors (Lipinski definition) is 3. The Bertz CT molecular complexity index is 370. The largest absolute Gasteiger partial charge is 0.376 e. The van der Waals surface area contributed by atoms with Crippen LogP contribution in [0, 0.1) is 0 Å². The third kappa shape index (κ3) is 4.90. The van der Waals surface area contributed by atoms with Crippen molar-refractivity contribution in [1.29, 1.82) is 0 Å². The molecule has 1 aromatic heterocycles. The fourth-order valence-electron chi connectivity index (χ4n) is 2.04. The molecule has 106 valence electrons. The summed E-state index contributed by atoms with van der Waals surface area (Å²) in [6.07, 6.45) is 6.32. The minimum atomic E-state index is 0.293. The van der Waals surface area contributed by atoms with Crippen LogP contribution < -0.4 is 10.6 Å². The zero-order chi connectivity index (χ0) is 13.3. The van der Waals surface area contributed by atoms with Crippen molar-refractivity contribution in [2.45, 2.75) is 32.4 Å². The maximum Gasteiger partial charge on any atom is 0.191 e. The number of aromatic nitrogens is 2. The molecule has 0 bridgehead atoms. The first-order valence-corrected chi connectivity index (χ1v) is 6.99. The number of ether oxygens (including phenoxy) is 1. The smallest absolute Gasteiger partial charge is 0.191 e. The maximum atomic E-state index is 5.57. The Kier molecular flexibility index (Phi) is 5.68. The lowest BCUT2D eigenvalue weighted by Gasteiger charge is -2.12. The van der Waals surface area contributed by atoms with Crippen LogP contribution in [0.25, 0.3) is 0 Å². The van der Waals surface area contributed by atoms with Gasteiger partial charge in [0.05, 0.1) is 19.2 Å². The SMILES string of the molecule is CCNC(=NCC1CCCO1)NCCn1cccn1. The van der Waals surface area contributed by atoms with E-state index in [0.717, 1.165) is 51.6 Å². The summed E-state index contributed by atoms with van der Waals surface area (Å²) in [5.41, 5.74) is 0. The molecule has 1 saturated heterocycles. The molecule has 1 atom stereocenters. The zero-order valence-corrected chi connectivity index (χ0v) is 11.5. The van der Waals surface area contributed by atoms with Crippen molar-refractivity contribution < 1.29 is 4.74 Å². The van der Waals surface area contributed by atoms with E-state index in [1.807, 2.05) is 16.9 Å². The third-order valence-electron chi connectivity index (χ3n) is 3.01. The summed E-state index contributed by atoms with van der Waals surface area (Å²) in [4.78, 5) is 4.55. The lowest BCUT2D eigenvalue weighted by Crippen LogP contribution is -2.39. The molecule has 6 nitrogen and oxygen atoms in total. The highest BCUT2D eigenvalue weighted by atomic mass is 16.5. The molecule has 0 radical (unpaired) electrons. The summed E-state index contributed by atoms with van der Waals surface area (Å²) < 4.78 is 7.47. The van der Waals surface area contributed by atoms with E-state index in [9.17, 15) is 0 Å².